The molecule has 26 heavy (non-hydrogen) atoms. The largest absolute Gasteiger partial charge is 0.355 e. The SMILES string of the molecule is CCNC(=O)[C@H](C)NC(=O)CSc1nc(C2CC2)n(-c2ccccc2)n1. The Balaban J connectivity index is 1.62. The zero-order valence-corrected chi connectivity index (χ0v) is 15.8. The summed E-state index contributed by atoms with van der Waals surface area (Å²) in [5.41, 5.74) is 0.975. The highest BCUT2D eigenvalue weighted by atomic mass is 32.2. The van der Waals surface area contributed by atoms with Gasteiger partial charge in [-0.25, -0.2) is 9.67 Å². The van der Waals surface area contributed by atoms with E-state index in [-0.39, 0.29) is 17.6 Å². The number of hydrogen-bond donors (Lipinski definition) is 2. The highest BCUT2D eigenvalue weighted by Crippen LogP contribution is 2.40. The molecule has 0 radical (unpaired) electrons. The molecule has 1 aromatic heterocycles. The molecule has 3 rings (SSSR count). The molecule has 1 aliphatic rings. The summed E-state index contributed by atoms with van der Waals surface area (Å²) in [4.78, 5) is 28.4. The Morgan fingerprint density at radius 2 is 2.04 bits per heavy atom. The number of thioether (sulfide) groups is 1. The predicted molar refractivity (Wildman–Crippen MR) is 100 cm³/mol. The van der Waals surface area contributed by atoms with Gasteiger partial charge in [-0.1, -0.05) is 30.0 Å². The Morgan fingerprint density at radius 1 is 1.31 bits per heavy atom. The standard InChI is InChI=1S/C18H23N5O2S/c1-3-19-17(25)12(2)20-15(24)11-26-18-21-16(13-9-10-13)23(22-18)14-7-5-4-6-8-14/h4-8,12-13H,3,9-11H2,1-2H3,(H,19,25)(H,20,24)/t12-/m0/s1. The second-order valence-corrected chi connectivity index (χ2v) is 7.19. The monoisotopic (exact) mass is 373 g/mol. The molecule has 1 atom stereocenters. The van der Waals surface area contributed by atoms with E-state index in [0.29, 0.717) is 17.6 Å². The summed E-state index contributed by atoms with van der Waals surface area (Å²) in [5, 5.41) is 10.5. The number of amides is 2. The van der Waals surface area contributed by atoms with Crippen molar-refractivity contribution in [2.24, 2.45) is 0 Å². The molecule has 138 valence electrons. The molecule has 0 bridgehead atoms. The molecule has 7 nitrogen and oxygen atoms in total. The van der Waals surface area contributed by atoms with E-state index < -0.39 is 6.04 Å². The minimum Gasteiger partial charge on any atom is -0.355 e. The van der Waals surface area contributed by atoms with Crippen molar-refractivity contribution in [2.45, 2.75) is 43.8 Å². The molecule has 1 aromatic carbocycles. The van der Waals surface area contributed by atoms with Gasteiger partial charge in [0.15, 0.2) is 0 Å². The lowest BCUT2D eigenvalue weighted by Gasteiger charge is -2.12. The van der Waals surface area contributed by atoms with Crippen LogP contribution < -0.4 is 10.6 Å². The number of carbonyl (C=O) groups excluding carboxylic acids is 2. The first-order chi connectivity index (χ1) is 12.6. The summed E-state index contributed by atoms with van der Waals surface area (Å²) < 4.78 is 1.87. The van der Waals surface area contributed by atoms with Gasteiger partial charge in [-0.05, 0) is 38.8 Å². The molecule has 1 fully saturated rings. The summed E-state index contributed by atoms with van der Waals surface area (Å²) in [6.07, 6.45) is 2.25. The Bertz CT molecular complexity index is 773. The second-order valence-electron chi connectivity index (χ2n) is 6.25. The molecule has 0 spiro atoms. The molecule has 0 unspecified atom stereocenters. The van der Waals surface area contributed by atoms with Crippen molar-refractivity contribution in [2.75, 3.05) is 12.3 Å². The van der Waals surface area contributed by atoms with Gasteiger partial charge in [-0.3, -0.25) is 9.59 Å². The topological polar surface area (TPSA) is 88.9 Å². The van der Waals surface area contributed by atoms with Crippen LogP contribution >= 0.6 is 11.8 Å². The maximum absolute atomic E-state index is 12.1. The van der Waals surface area contributed by atoms with Crippen molar-refractivity contribution in [1.29, 1.82) is 0 Å². The van der Waals surface area contributed by atoms with Crippen LogP contribution in [-0.2, 0) is 9.59 Å². The lowest BCUT2D eigenvalue weighted by atomic mass is 10.3. The van der Waals surface area contributed by atoms with E-state index in [1.165, 1.54) is 11.8 Å². The summed E-state index contributed by atoms with van der Waals surface area (Å²) >= 11 is 1.28. The lowest BCUT2D eigenvalue weighted by molar-refractivity contribution is -0.127. The van der Waals surface area contributed by atoms with Gasteiger partial charge in [0, 0.05) is 12.5 Å². The normalized spacial score (nSPS) is 14.7. The van der Waals surface area contributed by atoms with Gasteiger partial charge in [-0.15, -0.1) is 5.10 Å². The lowest BCUT2D eigenvalue weighted by Crippen LogP contribution is -2.45. The molecule has 1 heterocycles. The molecule has 2 amide bonds. The maximum atomic E-state index is 12.1. The first kappa shape index (κ1) is 18.4. The highest BCUT2D eigenvalue weighted by molar-refractivity contribution is 7.99. The molecule has 1 saturated carbocycles. The zero-order chi connectivity index (χ0) is 18.5. The average molecular weight is 373 g/mol. The van der Waals surface area contributed by atoms with E-state index in [9.17, 15) is 9.59 Å². The van der Waals surface area contributed by atoms with Gasteiger partial charge >= 0.3 is 0 Å². The summed E-state index contributed by atoms with van der Waals surface area (Å²) in [6.45, 7) is 4.05. The van der Waals surface area contributed by atoms with Crippen molar-refractivity contribution in [3.05, 3.63) is 36.2 Å². The summed E-state index contributed by atoms with van der Waals surface area (Å²) in [7, 11) is 0. The number of nitrogens with zero attached hydrogens (tertiary/aromatic N) is 3. The van der Waals surface area contributed by atoms with Crippen LogP contribution in [0, 0.1) is 0 Å². The highest BCUT2D eigenvalue weighted by Gasteiger charge is 2.30. The molecule has 0 saturated heterocycles. The third-order valence-corrected chi connectivity index (χ3v) is 4.85. The maximum Gasteiger partial charge on any atom is 0.242 e. The van der Waals surface area contributed by atoms with Crippen molar-refractivity contribution in [1.82, 2.24) is 25.4 Å². The van der Waals surface area contributed by atoms with E-state index in [1.54, 1.807) is 6.92 Å². The number of carbonyl (C=O) groups is 2. The minimum absolute atomic E-state index is 0.173. The van der Waals surface area contributed by atoms with Gasteiger partial charge in [0.1, 0.15) is 11.9 Å². The van der Waals surface area contributed by atoms with Crippen molar-refractivity contribution >= 4 is 23.6 Å². The quantitative estimate of drug-likeness (QED) is 0.690. The number of aromatic nitrogens is 3. The summed E-state index contributed by atoms with van der Waals surface area (Å²) in [5.74, 6) is 1.18. The van der Waals surface area contributed by atoms with Gasteiger partial charge in [0.05, 0.1) is 11.4 Å². The number of likely N-dealkylation sites (N-methyl/N-ethyl adjacent to an activating group) is 1. The van der Waals surface area contributed by atoms with Crippen LogP contribution in [0.15, 0.2) is 35.5 Å². The number of hydrogen-bond acceptors (Lipinski definition) is 5. The van der Waals surface area contributed by atoms with Crippen LogP contribution in [0.5, 0.6) is 0 Å². The first-order valence-electron chi connectivity index (χ1n) is 8.80. The Kier molecular flexibility index (Phi) is 5.92. The first-order valence-corrected chi connectivity index (χ1v) is 9.79. The van der Waals surface area contributed by atoms with E-state index >= 15 is 0 Å². The number of rotatable bonds is 8. The molecular weight excluding hydrogens is 350 g/mol. The van der Waals surface area contributed by atoms with Crippen molar-refractivity contribution in [3.8, 4) is 5.69 Å². The number of nitrogens with one attached hydrogen (secondary N) is 2. The number of para-hydroxylation sites is 1. The molecule has 1 aliphatic carbocycles. The Hall–Kier alpha value is -2.35. The molecular formula is C18H23N5O2S. The molecule has 8 heteroatoms. The van der Waals surface area contributed by atoms with Crippen LogP contribution in [-0.4, -0.2) is 44.9 Å². The fraction of sp³-hybridized carbons (Fsp3) is 0.444. The summed E-state index contributed by atoms with van der Waals surface area (Å²) in [6, 6.07) is 9.34. The third-order valence-electron chi connectivity index (χ3n) is 4.01. The smallest absolute Gasteiger partial charge is 0.242 e. The van der Waals surface area contributed by atoms with E-state index in [1.807, 2.05) is 41.9 Å². The van der Waals surface area contributed by atoms with E-state index in [4.69, 9.17) is 0 Å². The van der Waals surface area contributed by atoms with E-state index in [0.717, 1.165) is 24.4 Å². The van der Waals surface area contributed by atoms with Crippen LogP contribution in [0.3, 0.4) is 0 Å². The fourth-order valence-corrected chi connectivity index (χ4v) is 3.18. The Labute approximate surface area is 157 Å². The average Bonchev–Trinajstić information content (AvgIpc) is 3.40. The molecule has 2 aromatic rings. The van der Waals surface area contributed by atoms with Gasteiger partial charge in [-0.2, -0.15) is 0 Å². The fourth-order valence-electron chi connectivity index (χ4n) is 2.54. The van der Waals surface area contributed by atoms with Crippen LogP contribution in [0.25, 0.3) is 5.69 Å². The van der Waals surface area contributed by atoms with Gasteiger partial charge in [0.2, 0.25) is 17.0 Å². The minimum atomic E-state index is -0.556. The molecule has 0 aliphatic heterocycles. The Morgan fingerprint density at radius 3 is 2.69 bits per heavy atom. The van der Waals surface area contributed by atoms with E-state index in [2.05, 4.69) is 20.7 Å². The van der Waals surface area contributed by atoms with Gasteiger partial charge < -0.3 is 10.6 Å². The molecule has 2 N–H and O–H groups in total. The predicted octanol–water partition coefficient (Wildman–Crippen LogP) is 1.88. The van der Waals surface area contributed by atoms with Crippen LogP contribution in [0.2, 0.25) is 0 Å². The van der Waals surface area contributed by atoms with Gasteiger partial charge in [0.25, 0.3) is 0 Å². The van der Waals surface area contributed by atoms with Crippen LogP contribution in [0.1, 0.15) is 38.4 Å². The third kappa shape index (κ3) is 4.63. The second kappa shape index (κ2) is 8.35. The van der Waals surface area contributed by atoms with Crippen molar-refractivity contribution < 1.29 is 9.59 Å². The van der Waals surface area contributed by atoms with Crippen LogP contribution in [0.4, 0.5) is 0 Å². The number of benzene rings is 1. The van der Waals surface area contributed by atoms with Crippen molar-refractivity contribution in [3.63, 3.8) is 0 Å². The zero-order valence-electron chi connectivity index (χ0n) is 14.9.